The van der Waals surface area contributed by atoms with Crippen LogP contribution in [-0.4, -0.2) is 18.6 Å². The molecular formula is C16H26N2S. The van der Waals surface area contributed by atoms with Gasteiger partial charge in [0.25, 0.3) is 0 Å². The number of rotatable bonds is 5. The Balaban J connectivity index is 1.53. The molecule has 0 spiro atoms. The third kappa shape index (κ3) is 3.21. The summed E-state index contributed by atoms with van der Waals surface area (Å²) in [7, 11) is 0. The van der Waals surface area contributed by atoms with Gasteiger partial charge in [-0.2, -0.15) is 0 Å². The van der Waals surface area contributed by atoms with Crippen molar-refractivity contribution in [2.75, 3.05) is 6.54 Å². The van der Waals surface area contributed by atoms with Crippen LogP contribution in [0.4, 0.5) is 0 Å². The fourth-order valence-corrected chi connectivity index (χ4v) is 4.65. The molecule has 1 saturated carbocycles. The first-order chi connectivity index (χ1) is 9.36. The molecule has 1 aliphatic heterocycles. The van der Waals surface area contributed by atoms with Gasteiger partial charge >= 0.3 is 0 Å². The molecule has 0 radical (unpaired) electrons. The summed E-state index contributed by atoms with van der Waals surface area (Å²) in [6.07, 6.45) is 8.13. The molecular weight excluding hydrogens is 252 g/mol. The minimum atomic E-state index is 0.739. The average Bonchev–Trinajstić information content (AvgIpc) is 3.16. The Labute approximate surface area is 121 Å². The largest absolute Gasteiger partial charge is 0.314 e. The molecule has 1 saturated heterocycles. The van der Waals surface area contributed by atoms with Crippen LogP contribution in [0.3, 0.4) is 0 Å². The monoisotopic (exact) mass is 278 g/mol. The average molecular weight is 278 g/mol. The van der Waals surface area contributed by atoms with Crippen LogP contribution in [0, 0.1) is 5.92 Å². The zero-order chi connectivity index (χ0) is 13.1. The van der Waals surface area contributed by atoms with Gasteiger partial charge < -0.3 is 10.6 Å². The van der Waals surface area contributed by atoms with E-state index in [-0.39, 0.29) is 0 Å². The van der Waals surface area contributed by atoms with Crippen molar-refractivity contribution in [1.82, 2.24) is 10.6 Å². The Morgan fingerprint density at radius 3 is 2.84 bits per heavy atom. The van der Waals surface area contributed by atoms with E-state index in [9.17, 15) is 0 Å². The van der Waals surface area contributed by atoms with Crippen molar-refractivity contribution in [3.8, 4) is 0 Å². The van der Waals surface area contributed by atoms with E-state index in [1.165, 1.54) is 54.8 Å². The topological polar surface area (TPSA) is 24.1 Å². The molecule has 0 bridgehead atoms. The summed E-state index contributed by atoms with van der Waals surface area (Å²) in [4.78, 5) is 3.01. The summed E-state index contributed by atoms with van der Waals surface area (Å²) in [5.74, 6) is 0.869. The molecule has 1 aliphatic carbocycles. The van der Waals surface area contributed by atoms with E-state index in [0.29, 0.717) is 0 Å². The number of aryl methyl sites for hydroxylation is 1. The molecule has 3 rings (SSSR count). The second kappa shape index (κ2) is 6.38. The van der Waals surface area contributed by atoms with E-state index in [0.717, 1.165) is 24.5 Å². The van der Waals surface area contributed by atoms with Gasteiger partial charge in [0, 0.05) is 28.4 Å². The molecule has 1 aromatic rings. The summed E-state index contributed by atoms with van der Waals surface area (Å²) in [5.41, 5.74) is 0. The predicted molar refractivity (Wildman–Crippen MR) is 82.7 cm³/mol. The lowest BCUT2D eigenvalue weighted by molar-refractivity contribution is 0.320. The van der Waals surface area contributed by atoms with E-state index in [1.807, 2.05) is 11.3 Å². The van der Waals surface area contributed by atoms with Gasteiger partial charge in [0.2, 0.25) is 0 Å². The number of nitrogens with one attached hydrogen (secondary N) is 2. The van der Waals surface area contributed by atoms with Crippen molar-refractivity contribution in [2.45, 2.75) is 64.1 Å². The minimum Gasteiger partial charge on any atom is -0.314 e. The summed E-state index contributed by atoms with van der Waals surface area (Å²) >= 11 is 1.97. The second-order valence-electron chi connectivity index (χ2n) is 6.01. The lowest BCUT2D eigenvalue weighted by Gasteiger charge is -2.26. The Hall–Kier alpha value is -0.380. The highest BCUT2D eigenvalue weighted by Gasteiger charge is 2.34. The molecule has 1 aromatic heterocycles. The van der Waals surface area contributed by atoms with Crippen molar-refractivity contribution in [3.63, 3.8) is 0 Å². The summed E-state index contributed by atoms with van der Waals surface area (Å²) < 4.78 is 0. The Bertz CT molecular complexity index is 395. The first-order valence-corrected chi connectivity index (χ1v) is 8.73. The summed E-state index contributed by atoms with van der Waals surface area (Å²) in [5, 5.41) is 7.54. The van der Waals surface area contributed by atoms with E-state index in [2.05, 4.69) is 29.7 Å². The molecule has 2 aliphatic rings. The van der Waals surface area contributed by atoms with Crippen LogP contribution in [0.1, 0.15) is 48.8 Å². The van der Waals surface area contributed by atoms with E-state index < -0.39 is 0 Å². The van der Waals surface area contributed by atoms with Crippen LogP contribution >= 0.6 is 11.3 Å². The summed E-state index contributed by atoms with van der Waals surface area (Å²) in [6.45, 7) is 4.54. The molecule has 0 amide bonds. The molecule has 3 unspecified atom stereocenters. The zero-order valence-electron chi connectivity index (χ0n) is 12.0. The van der Waals surface area contributed by atoms with Gasteiger partial charge in [-0.25, -0.2) is 0 Å². The third-order valence-corrected chi connectivity index (χ3v) is 6.02. The first-order valence-electron chi connectivity index (χ1n) is 7.91. The molecule has 19 heavy (non-hydrogen) atoms. The SMILES string of the molecule is CCc1ccc(CNC2CCCC2C2CCCN2)s1. The maximum absolute atomic E-state index is 3.83. The van der Waals surface area contributed by atoms with Crippen LogP contribution in [0.25, 0.3) is 0 Å². The van der Waals surface area contributed by atoms with Gasteiger partial charge in [-0.3, -0.25) is 0 Å². The molecule has 2 nitrogen and oxygen atoms in total. The van der Waals surface area contributed by atoms with Crippen molar-refractivity contribution < 1.29 is 0 Å². The maximum atomic E-state index is 3.83. The van der Waals surface area contributed by atoms with E-state index in [4.69, 9.17) is 0 Å². The van der Waals surface area contributed by atoms with Gasteiger partial charge in [0.15, 0.2) is 0 Å². The second-order valence-corrected chi connectivity index (χ2v) is 7.26. The molecule has 106 valence electrons. The van der Waals surface area contributed by atoms with Crippen molar-refractivity contribution >= 4 is 11.3 Å². The molecule has 2 fully saturated rings. The lowest BCUT2D eigenvalue weighted by atomic mass is 9.93. The van der Waals surface area contributed by atoms with Gasteiger partial charge in [0.05, 0.1) is 0 Å². The molecule has 2 heterocycles. The predicted octanol–water partition coefficient (Wildman–Crippen LogP) is 3.32. The van der Waals surface area contributed by atoms with Crippen molar-refractivity contribution in [3.05, 3.63) is 21.9 Å². The Morgan fingerprint density at radius 1 is 1.21 bits per heavy atom. The van der Waals surface area contributed by atoms with Crippen LogP contribution in [0.2, 0.25) is 0 Å². The normalized spacial score (nSPS) is 31.1. The standard InChI is InChI=1S/C16H26N2S/c1-2-12-8-9-13(19-12)11-18-16-6-3-5-14(16)15-7-4-10-17-15/h8-9,14-18H,2-7,10-11H2,1H3. The highest BCUT2D eigenvalue weighted by Crippen LogP contribution is 2.32. The molecule has 3 heteroatoms. The molecule has 2 N–H and O–H groups in total. The minimum absolute atomic E-state index is 0.739. The fraction of sp³-hybridized carbons (Fsp3) is 0.750. The highest BCUT2D eigenvalue weighted by atomic mass is 32.1. The van der Waals surface area contributed by atoms with Gasteiger partial charge in [0.1, 0.15) is 0 Å². The third-order valence-electron chi connectivity index (χ3n) is 4.79. The highest BCUT2D eigenvalue weighted by molar-refractivity contribution is 7.11. The quantitative estimate of drug-likeness (QED) is 0.863. The summed E-state index contributed by atoms with van der Waals surface area (Å²) in [6, 6.07) is 6.11. The smallest absolute Gasteiger partial charge is 0.0302 e. The van der Waals surface area contributed by atoms with Gasteiger partial charge in [-0.1, -0.05) is 13.3 Å². The van der Waals surface area contributed by atoms with Gasteiger partial charge in [-0.15, -0.1) is 11.3 Å². The number of hydrogen-bond donors (Lipinski definition) is 2. The number of hydrogen-bond acceptors (Lipinski definition) is 3. The maximum Gasteiger partial charge on any atom is 0.0302 e. The van der Waals surface area contributed by atoms with Crippen LogP contribution < -0.4 is 10.6 Å². The number of thiophene rings is 1. The van der Waals surface area contributed by atoms with Crippen molar-refractivity contribution in [2.24, 2.45) is 5.92 Å². The van der Waals surface area contributed by atoms with Crippen LogP contribution in [0.15, 0.2) is 12.1 Å². The van der Waals surface area contributed by atoms with Crippen LogP contribution in [-0.2, 0) is 13.0 Å². The zero-order valence-corrected chi connectivity index (χ0v) is 12.8. The molecule has 0 aromatic carbocycles. The lowest BCUT2D eigenvalue weighted by Crippen LogP contribution is -2.41. The fourth-order valence-electron chi connectivity index (χ4n) is 3.74. The first kappa shape index (κ1) is 13.6. The Morgan fingerprint density at radius 2 is 2.11 bits per heavy atom. The van der Waals surface area contributed by atoms with Gasteiger partial charge in [-0.05, 0) is 56.7 Å². The Kier molecular flexibility index (Phi) is 4.57. The van der Waals surface area contributed by atoms with E-state index in [1.54, 1.807) is 0 Å². The molecule has 3 atom stereocenters. The van der Waals surface area contributed by atoms with Crippen LogP contribution in [0.5, 0.6) is 0 Å². The van der Waals surface area contributed by atoms with Crippen molar-refractivity contribution in [1.29, 1.82) is 0 Å². The van der Waals surface area contributed by atoms with E-state index >= 15 is 0 Å².